The number of amides is 2. The highest BCUT2D eigenvalue weighted by Gasteiger charge is 2.43. The highest BCUT2D eigenvalue weighted by atomic mass is 19.1. The molecule has 0 radical (unpaired) electrons. The summed E-state index contributed by atoms with van der Waals surface area (Å²) < 4.78 is 27.0. The lowest BCUT2D eigenvalue weighted by Gasteiger charge is -2.31. The van der Waals surface area contributed by atoms with Crippen LogP contribution in [0.2, 0.25) is 0 Å². The predicted octanol–water partition coefficient (Wildman–Crippen LogP) is 5.16. The third kappa shape index (κ3) is 5.01. The van der Waals surface area contributed by atoms with Crippen LogP contribution in [0, 0.1) is 17.0 Å². The van der Waals surface area contributed by atoms with Gasteiger partial charge >= 0.3 is 0 Å². The quantitative estimate of drug-likeness (QED) is 0.438. The van der Waals surface area contributed by atoms with Crippen molar-refractivity contribution in [3.63, 3.8) is 0 Å². The average molecular weight is 504 g/mol. The Kier molecular flexibility index (Phi) is 7.07. The number of likely N-dealkylation sites (N-methyl/N-ethyl adjacent to an activating group) is 1. The Morgan fingerprint density at radius 2 is 1.62 bits per heavy atom. The van der Waals surface area contributed by atoms with Gasteiger partial charge in [-0.2, -0.15) is 0 Å². The standard InChI is InChI=1S/C30H31F2N3O2/c1-35-26-11-5-4-9-24(26)23-8-2-3-10-25(23)27(28(35)36)34-29(37)30(13-6-7-14-30)19-33-15-12-20-16-21(31)18-22(32)17-20/h2-5,8-11,16-18,27,33H,6-7,12-15,19H2,1H3,(H,34,37). The molecule has 1 aliphatic heterocycles. The fourth-order valence-corrected chi connectivity index (χ4v) is 5.71. The number of para-hydroxylation sites is 1. The van der Waals surface area contributed by atoms with Gasteiger partial charge in [0.15, 0.2) is 0 Å². The number of fused-ring (bicyclic) bond motifs is 3. The lowest BCUT2D eigenvalue weighted by molar-refractivity contribution is -0.134. The maximum absolute atomic E-state index is 13.8. The zero-order chi connectivity index (χ0) is 26.0. The lowest BCUT2D eigenvalue weighted by atomic mass is 9.84. The van der Waals surface area contributed by atoms with Gasteiger partial charge in [0.05, 0.1) is 11.1 Å². The highest BCUT2D eigenvalue weighted by molar-refractivity contribution is 6.06. The third-order valence-electron chi connectivity index (χ3n) is 7.70. The molecule has 1 fully saturated rings. The first-order valence-corrected chi connectivity index (χ1v) is 12.8. The van der Waals surface area contributed by atoms with E-state index in [-0.39, 0.29) is 11.8 Å². The predicted molar refractivity (Wildman–Crippen MR) is 140 cm³/mol. The van der Waals surface area contributed by atoms with Crippen LogP contribution in [0.15, 0.2) is 66.7 Å². The molecule has 0 bridgehead atoms. The summed E-state index contributed by atoms with van der Waals surface area (Å²) in [5.74, 6) is -1.51. The van der Waals surface area contributed by atoms with Gasteiger partial charge in [-0.05, 0) is 60.7 Å². The molecule has 7 heteroatoms. The number of anilines is 1. The van der Waals surface area contributed by atoms with Crippen LogP contribution in [-0.2, 0) is 16.0 Å². The molecular weight excluding hydrogens is 472 g/mol. The molecule has 0 aromatic heterocycles. The largest absolute Gasteiger partial charge is 0.340 e. The Hall–Kier alpha value is -3.58. The first kappa shape index (κ1) is 25.1. The molecule has 1 saturated carbocycles. The van der Waals surface area contributed by atoms with E-state index in [2.05, 4.69) is 10.6 Å². The van der Waals surface area contributed by atoms with E-state index in [1.807, 2.05) is 48.5 Å². The van der Waals surface area contributed by atoms with E-state index in [9.17, 15) is 18.4 Å². The molecule has 1 atom stereocenters. The fraction of sp³-hybridized carbons (Fsp3) is 0.333. The van der Waals surface area contributed by atoms with E-state index < -0.39 is 23.1 Å². The summed E-state index contributed by atoms with van der Waals surface area (Å²) in [5.41, 5.74) is 3.41. The van der Waals surface area contributed by atoms with Crippen molar-refractivity contribution in [3.05, 3.63) is 89.5 Å². The van der Waals surface area contributed by atoms with Crippen LogP contribution in [0.1, 0.15) is 42.9 Å². The first-order valence-electron chi connectivity index (χ1n) is 12.8. The number of nitrogens with one attached hydrogen (secondary N) is 2. The summed E-state index contributed by atoms with van der Waals surface area (Å²) in [5, 5.41) is 6.46. The molecule has 3 aromatic rings. The molecule has 2 aliphatic rings. The average Bonchev–Trinajstić information content (AvgIpc) is 3.36. The monoisotopic (exact) mass is 503 g/mol. The van der Waals surface area contributed by atoms with Gasteiger partial charge in [-0.25, -0.2) is 8.78 Å². The van der Waals surface area contributed by atoms with E-state index in [1.54, 1.807) is 11.9 Å². The smallest absolute Gasteiger partial charge is 0.253 e. The molecule has 37 heavy (non-hydrogen) atoms. The Balaban J connectivity index is 1.34. The summed E-state index contributed by atoms with van der Waals surface area (Å²) >= 11 is 0. The van der Waals surface area contributed by atoms with Crippen molar-refractivity contribution in [2.24, 2.45) is 5.41 Å². The fourth-order valence-electron chi connectivity index (χ4n) is 5.71. The molecule has 1 aliphatic carbocycles. The van der Waals surface area contributed by atoms with E-state index in [0.717, 1.165) is 54.1 Å². The Morgan fingerprint density at radius 3 is 2.35 bits per heavy atom. The van der Waals surface area contributed by atoms with Gasteiger partial charge in [-0.3, -0.25) is 9.59 Å². The zero-order valence-electron chi connectivity index (χ0n) is 20.9. The van der Waals surface area contributed by atoms with Crippen molar-refractivity contribution >= 4 is 17.5 Å². The summed E-state index contributed by atoms with van der Waals surface area (Å²) in [4.78, 5) is 29.1. The van der Waals surface area contributed by atoms with Crippen molar-refractivity contribution in [3.8, 4) is 11.1 Å². The molecule has 0 saturated heterocycles. The molecule has 5 rings (SSSR count). The first-order chi connectivity index (χ1) is 17.9. The lowest BCUT2D eigenvalue weighted by Crippen LogP contribution is -2.50. The Labute approximate surface area is 215 Å². The molecule has 192 valence electrons. The van der Waals surface area contributed by atoms with Crippen LogP contribution in [-0.4, -0.2) is 32.0 Å². The Bertz CT molecular complexity index is 1300. The summed E-state index contributed by atoms with van der Waals surface area (Å²) in [6, 6.07) is 18.2. The minimum absolute atomic E-state index is 0.137. The maximum atomic E-state index is 13.8. The minimum atomic E-state index is -0.797. The number of carbonyl (C=O) groups is 2. The molecular formula is C30H31F2N3O2. The SMILES string of the molecule is CN1C(=O)C(NC(=O)C2(CNCCc3cc(F)cc(F)c3)CCCC2)c2ccccc2-c2ccccc21. The van der Waals surface area contributed by atoms with Gasteiger partial charge in [0.25, 0.3) is 5.91 Å². The van der Waals surface area contributed by atoms with Crippen LogP contribution < -0.4 is 15.5 Å². The molecule has 2 N–H and O–H groups in total. The van der Waals surface area contributed by atoms with Crippen LogP contribution in [0.5, 0.6) is 0 Å². The summed E-state index contributed by atoms with van der Waals surface area (Å²) in [7, 11) is 1.74. The second kappa shape index (κ2) is 10.4. The molecule has 5 nitrogen and oxygen atoms in total. The van der Waals surface area contributed by atoms with Gasteiger partial charge in [0.1, 0.15) is 17.7 Å². The minimum Gasteiger partial charge on any atom is -0.340 e. The van der Waals surface area contributed by atoms with E-state index in [4.69, 9.17) is 0 Å². The molecule has 1 heterocycles. The number of benzene rings is 3. The summed E-state index contributed by atoms with van der Waals surface area (Å²) in [6.45, 7) is 0.927. The van der Waals surface area contributed by atoms with Crippen molar-refractivity contribution in [2.75, 3.05) is 25.0 Å². The van der Waals surface area contributed by atoms with Gasteiger partial charge in [-0.15, -0.1) is 0 Å². The third-order valence-corrected chi connectivity index (χ3v) is 7.70. The van der Waals surface area contributed by atoms with Crippen molar-refractivity contribution in [1.82, 2.24) is 10.6 Å². The number of carbonyl (C=O) groups excluding carboxylic acids is 2. The van der Waals surface area contributed by atoms with Crippen LogP contribution >= 0.6 is 0 Å². The maximum Gasteiger partial charge on any atom is 0.253 e. The summed E-state index contributed by atoms with van der Waals surface area (Å²) in [6.07, 6.45) is 3.76. The molecule has 3 aromatic carbocycles. The van der Waals surface area contributed by atoms with Crippen molar-refractivity contribution in [1.29, 1.82) is 0 Å². The van der Waals surface area contributed by atoms with Gasteiger partial charge in [-0.1, -0.05) is 55.3 Å². The van der Waals surface area contributed by atoms with E-state index >= 15 is 0 Å². The highest BCUT2D eigenvalue weighted by Crippen LogP contribution is 2.42. The number of nitrogens with zero attached hydrogens (tertiary/aromatic N) is 1. The number of rotatable bonds is 7. The zero-order valence-corrected chi connectivity index (χ0v) is 20.9. The van der Waals surface area contributed by atoms with E-state index in [1.165, 1.54) is 12.1 Å². The normalized spacial score (nSPS) is 18.2. The number of hydrogen-bond acceptors (Lipinski definition) is 3. The van der Waals surface area contributed by atoms with Crippen LogP contribution in [0.4, 0.5) is 14.5 Å². The van der Waals surface area contributed by atoms with Crippen molar-refractivity contribution in [2.45, 2.75) is 38.1 Å². The second-order valence-corrected chi connectivity index (χ2v) is 10.1. The number of halogens is 2. The second-order valence-electron chi connectivity index (χ2n) is 10.1. The molecule has 2 amide bonds. The van der Waals surface area contributed by atoms with Crippen LogP contribution in [0.25, 0.3) is 11.1 Å². The Morgan fingerprint density at radius 1 is 0.973 bits per heavy atom. The van der Waals surface area contributed by atoms with E-state index in [0.29, 0.717) is 25.1 Å². The topological polar surface area (TPSA) is 61.4 Å². The van der Waals surface area contributed by atoms with Gasteiger partial charge in [0.2, 0.25) is 5.91 Å². The van der Waals surface area contributed by atoms with Crippen LogP contribution in [0.3, 0.4) is 0 Å². The van der Waals surface area contributed by atoms with Gasteiger partial charge in [0, 0.05) is 25.2 Å². The molecule has 1 unspecified atom stereocenters. The molecule has 0 spiro atoms. The number of hydrogen-bond donors (Lipinski definition) is 2. The van der Waals surface area contributed by atoms with Crippen molar-refractivity contribution < 1.29 is 18.4 Å². The van der Waals surface area contributed by atoms with Gasteiger partial charge < -0.3 is 15.5 Å².